The Bertz CT molecular complexity index is 219. The second-order valence-electron chi connectivity index (χ2n) is 4.84. The molecule has 0 atom stereocenters. The third-order valence-electron chi connectivity index (χ3n) is 3.17. The number of methoxy groups -OCH3 is 1. The standard InChI is InChI=1S/C12H24N2O2.ClH/c1-12(6-4-3-5-7-12)14-11(15)10-13-8-9-16-2;/h13H,3-10H2,1-2H3,(H,14,15);1H. The van der Waals surface area contributed by atoms with Gasteiger partial charge in [0, 0.05) is 19.2 Å². The van der Waals surface area contributed by atoms with Crippen molar-refractivity contribution in [2.75, 3.05) is 26.8 Å². The second kappa shape index (κ2) is 8.72. The number of amides is 1. The van der Waals surface area contributed by atoms with Gasteiger partial charge in [0.25, 0.3) is 0 Å². The van der Waals surface area contributed by atoms with E-state index < -0.39 is 0 Å². The lowest BCUT2D eigenvalue weighted by Gasteiger charge is -2.34. The molecular formula is C12H25ClN2O2. The average Bonchev–Trinajstić information content (AvgIpc) is 2.25. The summed E-state index contributed by atoms with van der Waals surface area (Å²) >= 11 is 0. The van der Waals surface area contributed by atoms with Gasteiger partial charge in [-0.15, -0.1) is 12.4 Å². The molecule has 2 N–H and O–H groups in total. The van der Waals surface area contributed by atoms with E-state index in [4.69, 9.17) is 4.74 Å². The summed E-state index contributed by atoms with van der Waals surface area (Å²) in [7, 11) is 1.66. The van der Waals surface area contributed by atoms with Gasteiger partial charge in [0.2, 0.25) is 5.91 Å². The molecular weight excluding hydrogens is 240 g/mol. The minimum Gasteiger partial charge on any atom is -0.383 e. The Balaban J connectivity index is 0.00000256. The maximum atomic E-state index is 11.7. The zero-order chi connectivity index (χ0) is 11.9. The normalized spacial score (nSPS) is 18.2. The Morgan fingerprint density at radius 1 is 1.29 bits per heavy atom. The molecule has 0 aromatic heterocycles. The van der Waals surface area contributed by atoms with Crippen molar-refractivity contribution in [1.82, 2.24) is 10.6 Å². The van der Waals surface area contributed by atoms with E-state index in [0.29, 0.717) is 13.2 Å². The van der Waals surface area contributed by atoms with Crippen LogP contribution in [0, 0.1) is 0 Å². The van der Waals surface area contributed by atoms with E-state index in [0.717, 1.165) is 19.4 Å². The molecule has 1 amide bonds. The summed E-state index contributed by atoms with van der Waals surface area (Å²) in [5.74, 6) is 0.0977. The Labute approximate surface area is 110 Å². The van der Waals surface area contributed by atoms with E-state index >= 15 is 0 Å². The second-order valence-corrected chi connectivity index (χ2v) is 4.84. The summed E-state index contributed by atoms with van der Waals surface area (Å²) < 4.78 is 4.90. The number of carbonyl (C=O) groups excluding carboxylic acids is 1. The zero-order valence-electron chi connectivity index (χ0n) is 10.9. The minimum absolute atomic E-state index is 0. The Kier molecular flexibility index (Phi) is 8.56. The Morgan fingerprint density at radius 3 is 2.53 bits per heavy atom. The highest BCUT2D eigenvalue weighted by Gasteiger charge is 2.27. The van der Waals surface area contributed by atoms with Crippen LogP contribution in [0.25, 0.3) is 0 Å². The number of hydrogen-bond donors (Lipinski definition) is 2. The molecule has 1 aliphatic rings. The van der Waals surface area contributed by atoms with E-state index in [9.17, 15) is 4.79 Å². The maximum absolute atomic E-state index is 11.7. The largest absolute Gasteiger partial charge is 0.383 e. The van der Waals surface area contributed by atoms with E-state index in [-0.39, 0.29) is 23.9 Å². The van der Waals surface area contributed by atoms with Gasteiger partial charge < -0.3 is 15.4 Å². The van der Waals surface area contributed by atoms with Crippen LogP contribution in [0.3, 0.4) is 0 Å². The molecule has 1 saturated carbocycles. The van der Waals surface area contributed by atoms with Crippen molar-refractivity contribution < 1.29 is 9.53 Å². The monoisotopic (exact) mass is 264 g/mol. The molecule has 0 spiro atoms. The first-order valence-electron chi connectivity index (χ1n) is 6.17. The molecule has 1 aliphatic carbocycles. The van der Waals surface area contributed by atoms with Crippen LogP contribution in [-0.2, 0) is 9.53 Å². The Morgan fingerprint density at radius 2 is 1.94 bits per heavy atom. The third kappa shape index (κ3) is 6.86. The van der Waals surface area contributed by atoms with Gasteiger partial charge in [-0.3, -0.25) is 4.79 Å². The quantitative estimate of drug-likeness (QED) is 0.715. The first kappa shape index (κ1) is 16.7. The van der Waals surface area contributed by atoms with Crippen molar-refractivity contribution in [2.24, 2.45) is 0 Å². The molecule has 0 radical (unpaired) electrons. The van der Waals surface area contributed by atoms with Crippen molar-refractivity contribution in [2.45, 2.75) is 44.6 Å². The van der Waals surface area contributed by atoms with Crippen LogP contribution < -0.4 is 10.6 Å². The van der Waals surface area contributed by atoms with Crippen molar-refractivity contribution in [1.29, 1.82) is 0 Å². The lowest BCUT2D eigenvalue weighted by Crippen LogP contribution is -2.50. The summed E-state index contributed by atoms with van der Waals surface area (Å²) in [5, 5.41) is 6.19. The van der Waals surface area contributed by atoms with Gasteiger partial charge in [0.05, 0.1) is 13.2 Å². The van der Waals surface area contributed by atoms with Crippen molar-refractivity contribution in [3.8, 4) is 0 Å². The summed E-state index contributed by atoms with van der Waals surface area (Å²) in [6.07, 6.45) is 5.98. The predicted molar refractivity (Wildman–Crippen MR) is 71.6 cm³/mol. The molecule has 0 unspecified atom stereocenters. The topological polar surface area (TPSA) is 50.4 Å². The lowest BCUT2D eigenvalue weighted by molar-refractivity contribution is -0.122. The van der Waals surface area contributed by atoms with E-state index in [1.165, 1.54) is 19.3 Å². The molecule has 1 fully saturated rings. The third-order valence-corrected chi connectivity index (χ3v) is 3.17. The molecule has 17 heavy (non-hydrogen) atoms. The maximum Gasteiger partial charge on any atom is 0.234 e. The minimum atomic E-state index is 0. The van der Waals surface area contributed by atoms with Gasteiger partial charge in [0.1, 0.15) is 0 Å². The molecule has 1 rings (SSSR count). The van der Waals surface area contributed by atoms with Gasteiger partial charge in [-0.1, -0.05) is 19.3 Å². The molecule has 0 bridgehead atoms. The lowest BCUT2D eigenvalue weighted by atomic mass is 9.83. The number of nitrogens with one attached hydrogen (secondary N) is 2. The summed E-state index contributed by atoms with van der Waals surface area (Å²) in [4.78, 5) is 11.7. The molecule has 0 aromatic carbocycles. The summed E-state index contributed by atoms with van der Waals surface area (Å²) in [6.45, 7) is 3.91. The molecule has 0 heterocycles. The van der Waals surface area contributed by atoms with Crippen LogP contribution in [0.15, 0.2) is 0 Å². The number of hydrogen-bond acceptors (Lipinski definition) is 3. The van der Waals surface area contributed by atoms with E-state index in [2.05, 4.69) is 17.6 Å². The fourth-order valence-corrected chi connectivity index (χ4v) is 2.21. The fourth-order valence-electron chi connectivity index (χ4n) is 2.21. The molecule has 5 heteroatoms. The van der Waals surface area contributed by atoms with Gasteiger partial charge in [-0.25, -0.2) is 0 Å². The number of rotatable bonds is 6. The molecule has 0 saturated heterocycles. The zero-order valence-corrected chi connectivity index (χ0v) is 11.7. The number of halogens is 1. The highest BCUT2D eigenvalue weighted by atomic mass is 35.5. The highest BCUT2D eigenvalue weighted by molar-refractivity contribution is 5.85. The Hall–Kier alpha value is -0.320. The van der Waals surface area contributed by atoms with Crippen LogP contribution in [0.2, 0.25) is 0 Å². The molecule has 0 aliphatic heterocycles. The number of ether oxygens (including phenoxy) is 1. The molecule has 0 aromatic rings. The summed E-state index contributed by atoms with van der Waals surface area (Å²) in [5.41, 5.74) is 0.0261. The first-order chi connectivity index (χ1) is 7.66. The van der Waals surface area contributed by atoms with Crippen molar-refractivity contribution >= 4 is 18.3 Å². The average molecular weight is 265 g/mol. The van der Waals surface area contributed by atoms with Gasteiger partial charge in [-0.2, -0.15) is 0 Å². The first-order valence-corrected chi connectivity index (χ1v) is 6.17. The molecule has 4 nitrogen and oxygen atoms in total. The molecule has 102 valence electrons. The van der Waals surface area contributed by atoms with Crippen LogP contribution in [0.1, 0.15) is 39.0 Å². The highest BCUT2D eigenvalue weighted by Crippen LogP contribution is 2.27. The SMILES string of the molecule is COCCNCC(=O)NC1(C)CCCCC1.Cl. The van der Waals surface area contributed by atoms with Gasteiger partial charge in [0.15, 0.2) is 0 Å². The van der Waals surface area contributed by atoms with E-state index in [1.54, 1.807) is 7.11 Å². The summed E-state index contributed by atoms with van der Waals surface area (Å²) in [6, 6.07) is 0. The van der Waals surface area contributed by atoms with Crippen LogP contribution >= 0.6 is 12.4 Å². The van der Waals surface area contributed by atoms with Crippen LogP contribution in [0.5, 0.6) is 0 Å². The van der Waals surface area contributed by atoms with Gasteiger partial charge >= 0.3 is 0 Å². The number of carbonyl (C=O) groups is 1. The predicted octanol–water partition coefficient (Wildman–Crippen LogP) is 1.48. The smallest absolute Gasteiger partial charge is 0.234 e. The van der Waals surface area contributed by atoms with Crippen LogP contribution in [-0.4, -0.2) is 38.3 Å². The van der Waals surface area contributed by atoms with Crippen LogP contribution in [0.4, 0.5) is 0 Å². The fraction of sp³-hybridized carbons (Fsp3) is 0.917. The van der Waals surface area contributed by atoms with E-state index in [1.807, 2.05) is 0 Å². The van der Waals surface area contributed by atoms with Gasteiger partial charge in [-0.05, 0) is 19.8 Å². The van der Waals surface area contributed by atoms with Crippen molar-refractivity contribution in [3.63, 3.8) is 0 Å². The van der Waals surface area contributed by atoms with Crippen molar-refractivity contribution in [3.05, 3.63) is 0 Å².